The number of halogens is 1. The number of benzene rings is 2. The summed E-state index contributed by atoms with van der Waals surface area (Å²) < 4.78 is 17.9. The number of amides is 1. The molecule has 8 heteroatoms. The van der Waals surface area contributed by atoms with E-state index >= 15 is 0 Å². The molecule has 0 unspecified atom stereocenters. The van der Waals surface area contributed by atoms with Crippen LogP contribution in [-0.4, -0.2) is 37.0 Å². The number of carbonyl (C=O) groups excluding carboxylic acids is 1. The highest BCUT2D eigenvalue weighted by Crippen LogP contribution is 2.34. The molecule has 0 aliphatic heterocycles. The average Bonchev–Trinajstić information content (AvgIpc) is 3.05. The highest BCUT2D eigenvalue weighted by atomic mass is 35.5. The van der Waals surface area contributed by atoms with Crippen LogP contribution >= 0.6 is 11.6 Å². The number of rotatable bonds is 8. The Morgan fingerprint density at radius 3 is 2.23 bits per heavy atom. The number of aryl methyl sites for hydroxylation is 1. The molecule has 1 amide bonds. The number of nitrogens with one attached hydrogen (secondary N) is 1. The molecule has 3 aromatic rings. The molecule has 1 aromatic heterocycles. The molecule has 0 saturated carbocycles. The predicted octanol–water partition coefficient (Wildman–Crippen LogP) is 4.03. The minimum absolute atomic E-state index is 0.112. The van der Waals surface area contributed by atoms with Gasteiger partial charge in [-0.25, -0.2) is 4.68 Å². The van der Waals surface area contributed by atoms with Gasteiger partial charge in [0.1, 0.15) is 5.75 Å². The summed E-state index contributed by atoms with van der Waals surface area (Å²) in [4.78, 5) is 12.7. The third-order valence-electron chi connectivity index (χ3n) is 5.11. The van der Waals surface area contributed by atoms with E-state index in [4.69, 9.17) is 25.8 Å². The van der Waals surface area contributed by atoms with Crippen LogP contribution in [0, 0.1) is 13.8 Å². The van der Waals surface area contributed by atoms with Gasteiger partial charge in [-0.15, -0.1) is 0 Å². The van der Waals surface area contributed by atoms with Gasteiger partial charge in [-0.05, 0) is 44.2 Å². The molecule has 2 aromatic carbocycles. The van der Waals surface area contributed by atoms with Gasteiger partial charge in [0, 0.05) is 34.5 Å². The zero-order valence-corrected chi connectivity index (χ0v) is 19.0. The Morgan fingerprint density at radius 2 is 1.61 bits per heavy atom. The molecule has 0 spiro atoms. The van der Waals surface area contributed by atoms with Crippen molar-refractivity contribution in [3.05, 3.63) is 63.9 Å². The van der Waals surface area contributed by atoms with Crippen molar-refractivity contribution >= 4 is 17.5 Å². The summed E-state index contributed by atoms with van der Waals surface area (Å²) in [7, 11) is 4.70. The van der Waals surface area contributed by atoms with Crippen LogP contribution in [0.2, 0.25) is 5.02 Å². The summed E-state index contributed by atoms with van der Waals surface area (Å²) in [5.74, 6) is 1.64. The Hall–Kier alpha value is -3.19. The van der Waals surface area contributed by atoms with Gasteiger partial charge in [0.05, 0.1) is 39.1 Å². The Labute approximate surface area is 186 Å². The molecule has 0 aliphatic carbocycles. The molecule has 0 atom stereocenters. The topological polar surface area (TPSA) is 74.6 Å². The lowest BCUT2D eigenvalue weighted by molar-refractivity contribution is -0.120. The summed E-state index contributed by atoms with van der Waals surface area (Å²) in [6.45, 7) is 4.15. The van der Waals surface area contributed by atoms with Crippen molar-refractivity contribution in [2.45, 2.75) is 26.8 Å². The number of hydrogen-bond donors (Lipinski definition) is 1. The molecule has 0 radical (unpaired) electrons. The van der Waals surface area contributed by atoms with E-state index in [1.165, 1.54) is 0 Å². The van der Waals surface area contributed by atoms with Gasteiger partial charge < -0.3 is 19.5 Å². The molecule has 7 nitrogen and oxygen atoms in total. The van der Waals surface area contributed by atoms with Gasteiger partial charge >= 0.3 is 0 Å². The Bertz CT molecular complexity index is 1080. The highest BCUT2D eigenvalue weighted by Gasteiger charge is 2.17. The SMILES string of the molecule is COc1cc(OC)c(OC)cc1CNC(=O)Cc1c(C)nn(-c2ccc(Cl)cc2)c1C. The molecule has 1 N–H and O–H groups in total. The van der Waals surface area contributed by atoms with Crippen molar-refractivity contribution in [3.8, 4) is 22.9 Å². The number of carbonyl (C=O) groups is 1. The fourth-order valence-corrected chi connectivity index (χ4v) is 3.54. The van der Waals surface area contributed by atoms with Crippen LogP contribution in [0.5, 0.6) is 17.2 Å². The maximum Gasteiger partial charge on any atom is 0.224 e. The summed E-state index contributed by atoms with van der Waals surface area (Å²) in [5.41, 5.74) is 4.31. The van der Waals surface area contributed by atoms with E-state index in [0.29, 0.717) is 28.8 Å². The fraction of sp³-hybridized carbons (Fsp3) is 0.304. The standard InChI is InChI=1S/C23H26ClN3O4/c1-14-19(15(2)27(26-14)18-8-6-17(24)7-9-18)11-23(28)25-13-16-10-21(30-4)22(31-5)12-20(16)29-3/h6-10,12H,11,13H2,1-5H3,(H,25,28). The van der Waals surface area contributed by atoms with Crippen LogP contribution in [0.4, 0.5) is 0 Å². The second-order valence-electron chi connectivity index (χ2n) is 7.01. The summed E-state index contributed by atoms with van der Waals surface area (Å²) >= 11 is 5.98. The monoisotopic (exact) mass is 443 g/mol. The van der Waals surface area contributed by atoms with Crippen LogP contribution < -0.4 is 19.5 Å². The summed E-state index contributed by atoms with van der Waals surface area (Å²) in [6.07, 6.45) is 0.223. The van der Waals surface area contributed by atoms with Crippen LogP contribution in [0.15, 0.2) is 36.4 Å². The highest BCUT2D eigenvalue weighted by molar-refractivity contribution is 6.30. The number of methoxy groups -OCH3 is 3. The van der Waals surface area contributed by atoms with Crippen molar-refractivity contribution < 1.29 is 19.0 Å². The smallest absolute Gasteiger partial charge is 0.224 e. The van der Waals surface area contributed by atoms with Crippen LogP contribution in [0.3, 0.4) is 0 Å². The van der Waals surface area contributed by atoms with Gasteiger partial charge in [0.25, 0.3) is 0 Å². The van der Waals surface area contributed by atoms with Crippen molar-refractivity contribution in [1.29, 1.82) is 0 Å². The molecule has 164 valence electrons. The van der Waals surface area contributed by atoms with Gasteiger partial charge in [-0.2, -0.15) is 5.10 Å². The Balaban J connectivity index is 1.74. The third kappa shape index (κ3) is 4.94. The Kier molecular flexibility index (Phi) is 7.07. The van der Waals surface area contributed by atoms with Crippen molar-refractivity contribution in [3.63, 3.8) is 0 Å². The van der Waals surface area contributed by atoms with E-state index in [-0.39, 0.29) is 12.3 Å². The molecule has 0 aliphatic rings. The molecular weight excluding hydrogens is 418 g/mol. The maximum atomic E-state index is 12.7. The van der Waals surface area contributed by atoms with E-state index in [1.54, 1.807) is 33.5 Å². The van der Waals surface area contributed by atoms with Gasteiger partial charge in [-0.1, -0.05) is 11.6 Å². The first-order valence-electron chi connectivity index (χ1n) is 9.74. The minimum Gasteiger partial charge on any atom is -0.496 e. The van der Waals surface area contributed by atoms with E-state index in [9.17, 15) is 4.79 Å². The number of ether oxygens (including phenoxy) is 3. The molecule has 3 rings (SSSR count). The van der Waals surface area contributed by atoms with Gasteiger partial charge in [-0.3, -0.25) is 4.79 Å². The number of nitrogens with zero attached hydrogens (tertiary/aromatic N) is 2. The van der Waals surface area contributed by atoms with E-state index in [0.717, 1.165) is 28.2 Å². The minimum atomic E-state index is -0.112. The molecule has 0 saturated heterocycles. The Morgan fingerprint density at radius 1 is 1.00 bits per heavy atom. The lowest BCUT2D eigenvalue weighted by atomic mass is 10.1. The zero-order valence-electron chi connectivity index (χ0n) is 18.3. The first-order valence-corrected chi connectivity index (χ1v) is 10.1. The van der Waals surface area contributed by atoms with Crippen molar-refractivity contribution in [2.24, 2.45) is 0 Å². The predicted molar refractivity (Wildman–Crippen MR) is 120 cm³/mol. The second kappa shape index (κ2) is 9.75. The van der Waals surface area contributed by atoms with Crippen LogP contribution in [-0.2, 0) is 17.8 Å². The molecule has 1 heterocycles. The quantitative estimate of drug-likeness (QED) is 0.569. The van der Waals surface area contributed by atoms with E-state index < -0.39 is 0 Å². The van der Waals surface area contributed by atoms with Crippen LogP contribution in [0.1, 0.15) is 22.5 Å². The zero-order chi connectivity index (χ0) is 22.5. The number of aromatic nitrogens is 2. The van der Waals surface area contributed by atoms with Gasteiger partial charge in [0.15, 0.2) is 11.5 Å². The van der Waals surface area contributed by atoms with E-state index in [1.807, 2.05) is 42.8 Å². The summed E-state index contributed by atoms with van der Waals surface area (Å²) in [5, 5.41) is 8.21. The third-order valence-corrected chi connectivity index (χ3v) is 5.36. The lowest BCUT2D eigenvalue weighted by Crippen LogP contribution is -2.25. The van der Waals surface area contributed by atoms with E-state index in [2.05, 4.69) is 10.4 Å². The van der Waals surface area contributed by atoms with Gasteiger partial charge in [0.2, 0.25) is 5.91 Å². The molecule has 31 heavy (non-hydrogen) atoms. The normalized spacial score (nSPS) is 10.6. The fourth-order valence-electron chi connectivity index (χ4n) is 3.41. The summed E-state index contributed by atoms with van der Waals surface area (Å²) in [6, 6.07) is 11.0. The maximum absolute atomic E-state index is 12.7. The molecule has 0 fully saturated rings. The van der Waals surface area contributed by atoms with Crippen molar-refractivity contribution in [1.82, 2.24) is 15.1 Å². The molecule has 0 bridgehead atoms. The lowest BCUT2D eigenvalue weighted by Gasteiger charge is -2.14. The van der Waals surface area contributed by atoms with Crippen LogP contribution in [0.25, 0.3) is 5.69 Å². The average molecular weight is 444 g/mol. The first-order chi connectivity index (χ1) is 14.9. The molecular formula is C23H26ClN3O4. The largest absolute Gasteiger partial charge is 0.496 e. The second-order valence-corrected chi connectivity index (χ2v) is 7.45. The van der Waals surface area contributed by atoms with Crippen molar-refractivity contribution in [2.75, 3.05) is 21.3 Å². The first kappa shape index (κ1) is 22.5. The number of hydrogen-bond acceptors (Lipinski definition) is 5.